The van der Waals surface area contributed by atoms with Gasteiger partial charge in [-0.05, 0) is 39.0 Å². The van der Waals surface area contributed by atoms with Gasteiger partial charge >= 0.3 is 0 Å². The van der Waals surface area contributed by atoms with E-state index in [2.05, 4.69) is 24.5 Å². The summed E-state index contributed by atoms with van der Waals surface area (Å²) in [6, 6.07) is -0.102. The Bertz CT molecular complexity index is 256. The molecule has 2 N–H and O–H groups in total. The molecular formula is C11H23NO3Si. The molecule has 2 fully saturated rings. The van der Waals surface area contributed by atoms with Crippen LogP contribution in [0.5, 0.6) is 0 Å². The molecule has 0 aromatic rings. The molecule has 2 rings (SSSR count). The van der Waals surface area contributed by atoms with Crippen molar-refractivity contribution >= 4 is 8.32 Å². The Balaban J connectivity index is 2.04. The van der Waals surface area contributed by atoms with Crippen molar-refractivity contribution in [1.82, 2.24) is 4.90 Å². The molecular weight excluding hydrogens is 222 g/mol. The fourth-order valence-corrected chi connectivity index (χ4v) is 3.97. The Labute approximate surface area is 98.3 Å². The van der Waals surface area contributed by atoms with E-state index in [-0.39, 0.29) is 18.2 Å². The quantitative estimate of drug-likeness (QED) is 0.692. The number of hydrogen-bond donors (Lipinski definition) is 2. The second kappa shape index (κ2) is 4.38. The Hall–Kier alpha value is 0.0569. The molecule has 0 amide bonds. The highest BCUT2D eigenvalue weighted by atomic mass is 28.4. The number of piperidine rings is 1. The van der Waals surface area contributed by atoms with Crippen molar-refractivity contribution in [2.45, 2.75) is 56.8 Å². The van der Waals surface area contributed by atoms with Crippen molar-refractivity contribution in [3.05, 3.63) is 0 Å². The Morgan fingerprint density at radius 1 is 1.25 bits per heavy atom. The molecule has 94 valence electrons. The summed E-state index contributed by atoms with van der Waals surface area (Å²) in [5, 5.41) is 20.1. The van der Waals surface area contributed by atoms with Crippen molar-refractivity contribution in [2.75, 3.05) is 13.1 Å². The average molecular weight is 245 g/mol. The highest BCUT2D eigenvalue weighted by molar-refractivity contribution is 6.69. The molecule has 2 aliphatic heterocycles. The lowest BCUT2D eigenvalue weighted by atomic mass is 9.97. The Morgan fingerprint density at radius 3 is 2.50 bits per heavy atom. The standard InChI is InChI=1S/C11H23NO3Si/c1-16(2,3)15-9-7-12-6-4-5-8(13)10(12)11(9)14/h8-11,13-14H,4-7H2,1-3H3/t8?,9?,10?,11-/m1/s1. The van der Waals surface area contributed by atoms with E-state index in [1.165, 1.54) is 0 Å². The van der Waals surface area contributed by atoms with Crippen LogP contribution in [0.1, 0.15) is 12.8 Å². The van der Waals surface area contributed by atoms with Crippen molar-refractivity contribution in [2.24, 2.45) is 0 Å². The lowest BCUT2D eigenvalue weighted by molar-refractivity contribution is -0.0257. The van der Waals surface area contributed by atoms with Gasteiger partial charge in [0.1, 0.15) is 0 Å². The number of fused-ring (bicyclic) bond motifs is 1. The first-order valence-electron chi connectivity index (χ1n) is 6.16. The van der Waals surface area contributed by atoms with Gasteiger partial charge in [-0.3, -0.25) is 4.90 Å². The molecule has 0 saturated carbocycles. The average Bonchev–Trinajstić information content (AvgIpc) is 2.42. The first-order chi connectivity index (χ1) is 7.38. The SMILES string of the molecule is C[Si](C)(C)OC1CN2CCCC(O)C2[C@@H]1O. The van der Waals surface area contributed by atoms with Crippen LogP contribution in [-0.4, -0.2) is 60.9 Å². The minimum absolute atomic E-state index is 0.102. The molecule has 4 nitrogen and oxygen atoms in total. The molecule has 0 aromatic heterocycles. The number of hydrogen-bond acceptors (Lipinski definition) is 4. The van der Waals surface area contributed by atoms with Crippen LogP contribution in [0.4, 0.5) is 0 Å². The van der Waals surface area contributed by atoms with Gasteiger partial charge in [-0.25, -0.2) is 0 Å². The smallest absolute Gasteiger partial charge is 0.184 e. The van der Waals surface area contributed by atoms with Crippen molar-refractivity contribution in [3.8, 4) is 0 Å². The van der Waals surface area contributed by atoms with Crippen LogP contribution in [0, 0.1) is 0 Å². The summed E-state index contributed by atoms with van der Waals surface area (Å²) in [5.74, 6) is 0. The minimum atomic E-state index is -1.62. The van der Waals surface area contributed by atoms with Crippen LogP contribution >= 0.6 is 0 Å². The third-order valence-electron chi connectivity index (χ3n) is 3.41. The summed E-state index contributed by atoms with van der Waals surface area (Å²) in [5.41, 5.74) is 0. The van der Waals surface area contributed by atoms with E-state index in [0.29, 0.717) is 0 Å². The van der Waals surface area contributed by atoms with Gasteiger partial charge in [0.2, 0.25) is 0 Å². The molecule has 2 heterocycles. The van der Waals surface area contributed by atoms with Gasteiger partial charge < -0.3 is 14.6 Å². The van der Waals surface area contributed by atoms with Crippen molar-refractivity contribution in [1.29, 1.82) is 0 Å². The number of rotatable bonds is 2. The third-order valence-corrected chi connectivity index (χ3v) is 4.42. The topological polar surface area (TPSA) is 52.9 Å². The van der Waals surface area contributed by atoms with Gasteiger partial charge in [0.25, 0.3) is 0 Å². The predicted molar refractivity (Wildman–Crippen MR) is 64.8 cm³/mol. The molecule has 4 atom stereocenters. The molecule has 0 radical (unpaired) electrons. The van der Waals surface area contributed by atoms with Crippen LogP contribution in [0.2, 0.25) is 19.6 Å². The summed E-state index contributed by atoms with van der Waals surface area (Å²) in [7, 11) is -1.62. The normalized spacial score (nSPS) is 41.1. The van der Waals surface area contributed by atoms with E-state index >= 15 is 0 Å². The predicted octanol–water partition coefficient (Wildman–Crippen LogP) is 0.406. The Morgan fingerprint density at radius 2 is 1.94 bits per heavy atom. The van der Waals surface area contributed by atoms with E-state index in [1.807, 2.05) is 0 Å². The first kappa shape index (κ1) is 12.5. The molecule has 0 aromatic carbocycles. The number of aliphatic hydroxyl groups is 2. The molecule has 0 spiro atoms. The summed E-state index contributed by atoms with van der Waals surface area (Å²) >= 11 is 0. The minimum Gasteiger partial charge on any atom is -0.411 e. The largest absolute Gasteiger partial charge is 0.411 e. The highest BCUT2D eigenvalue weighted by Crippen LogP contribution is 2.30. The highest BCUT2D eigenvalue weighted by Gasteiger charge is 2.47. The van der Waals surface area contributed by atoms with Gasteiger partial charge in [-0.2, -0.15) is 0 Å². The molecule has 16 heavy (non-hydrogen) atoms. The number of nitrogens with zero attached hydrogens (tertiary/aromatic N) is 1. The second-order valence-corrected chi connectivity index (χ2v) is 10.4. The summed E-state index contributed by atoms with van der Waals surface area (Å²) in [6.45, 7) is 8.14. The lowest BCUT2D eigenvalue weighted by Gasteiger charge is -2.34. The maximum absolute atomic E-state index is 10.2. The first-order valence-corrected chi connectivity index (χ1v) is 9.57. The third kappa shape index (κ3) is 2.48. The maximum atomic E-state index is 10.2. The second-order valence-electron chi connectivity index (χ2n) is 5.95. The van der Waals surface area contributed by atoms with Gasteiger partial charge in [-0.15, -0.1) is 0 Å². The van der Waals surface area contributed by atoms with Crippen molar-refractivity contribution in [3.63, 3.8) is 0 Å². The summed E-state index contributed by atoms with van der Waals surface area (Å²) < 4.78 is 5.99. The van der Waals surface area contributed by atoms with Gasteiger partial charge in [0.05, 0.1) is 24.4 Å². The van der Waals surface area contributed by atoms with E-state index < -0.39 is 14.4 Å². The van der Waals surface area contributed by atoms with Crippen LogP contribution in [-0.2, 0) is 4.43 Å². The van der Waals surface area contributed by atoms with Gasteiger partial charge in [0, 0.05) is 6.54 Å². The lowest BCUT2D eigenvalue weighted by Crippen LogP contribution is -2.49. The molecule has 3 unspecified atom stereocenters. The van der Waals surface area contributed by atoms with Crippen molar-refractivity contribution < 1.29 is 14.6 Å². The summed E-state index contributed by atoms with van der Waals surface area (Å²) in [6.07, 6.45) is 0.799. The molecule has 5 heteroatoms. The Kier molecular flexibility index (Phi) is 3.43. The van der Waals surface area contributed by atoms with Crippen LogP contribution in [0.3, 0.4) is 0 Å². The van der Waals surface area contributed by atoms with E-state index in [4.69, 9.17) is 4.43 Å². The zero-order chi connectivity index (χ0) is 11.9. The molecule has 0 bridgehead atoms. The van der Waals surface area contributed by atoms with Crippen LogP contribution in [0.25, 0.3) is 0 Å². The fraction of sp³-hybridized carbons (Fsp3) is 1.00. The van der Waals surface area contributed by atoms with E-state index in [1.54, 1.807) is 0 Å². The molecule has 0 aliphatic carbocycles. The fourth-order valence-electron chi connectivity index (χ4n) is 2.84. The number of aliphatic hydroxyl groups excluding tert-OH is 2. The monoisotopic (exact) mass is 245 g/mol. The van der Waals surface area contributed by atoms with Gasteiger partial charge in [0.15, 0.2) is 8.32 Å². The molecule has 2 saturated heterocycles. The summed E-state index contributed by atoms with van der Waals surface area (Å²) in [4.78, 5) is 2.18. The van der Waals surface area contributed by atoms with E-state index in [9.17, 15) is 10.2 Å². The zero-order valence-electron chi connectivity index (χ0n) is 10.4. The maximum Gasteiger partial charge on any atom is 0.184 e. The molecule has 2 aliphatic rings. The van der Waals surface area contributed by atoms with Crippen LogP contribution < -0.4 is 0 Å². The zero-order valence-corrected chi connectivity index (χ0v) is 11.4. The van der Waals surface area contributed by atoms with E-state index in [0.717, 1.165) is 25.9 Å². The van der Waals surface area contributed by atoms with Gasteiger partial charge in [-0.1, -0.05) is 0 Å². The van der Waals surface area contributed by atoms with Crippen LogP contribution in [0.15, 0.2) is 0 Å².